The van der Waals surface area contributed by atoms with Gasteiger partial charge >= 0.3 is 0 Å². The van der Waals surface area contributed by atoms with Gasteiger partial charge in [-0.05, 0) is 87.7 Å². The van der Waals surface area contributed by atoms with E-state index in [-0.39, 0.29) is 0 Å². The molecule has 0 N–H and O–H groups in total. The second-order valence-electron chi connectivity index (χ2n) is 8.00. The number of rotatable bonds is 2. The molecule has 2 heteroatoms. The SMILES string of the molecule is CC(C)=C1CCCN(C(C)C)N(C(C)C)C(=C(C)C)C1=C(C)C. The molecule has 0 aliphatic carbocycles. The summed E-state index contributed by atoms with van der Waals surface area (Å²) < 4.78 is 0. The van der Waals surface area contributed by atoms with Crippen molar-refractivity contribution in [3.63, 3.8) is 0 Å². The van der Waals surface area contributed by atoms with E-state index in [0.29, 0.717) is 12.1 Å². The molecular weight excluding hydrogens is 280 g/mol. The van der Waals surface area contributed by atoms with Gasteiger partial charge in [-0.15, -0.1) is 0 Å². The minimum absolute atomic E-state index is 0.452. The lowest BCUT2D eigenvalue weighted by molar-refractivity contribution is -0.0450. The minimum Gasteiger partial charge on any atom is -0.303 e. The summed E-state index contributed by atoms with van der Waals surface area (Å²) in [7, 11) is 0. The van der Waals surface area contributed by atoms with Crippen LogP contribution in [0.1, 0.15) is 82.1 Å². The van der Waals surface area contributed by atoms with Crippen LogP contribution in [0.3, 0.4) is 0 Å². The molecule has 1 saturated heterocycles. The molecule has 0 atom stereocenters. The van der Waals surface area contributed by atoms with E-state index in [1.807, 2.05) is 0 Å². The van der Waals surface area contributed by atoms with Gasteiger partial charge in [0.2, 0.25) is 0 Å². The Kier molecular flexibility index (Phi) is 7.13. The Balaban J connectivity index is 3.69. The first-order valence-electron chi connectivity index (χ1n) is 9.17. The van der Waals surface area contributed by atoms with E-state index in [4.69, 9.17) is 0 Å². The topological polar surface area (TPSA) is 6.48 Å². The maximum absolute atomic E-state index is 2.57. The molecule has 1 heterocycles. The first-order chi connectivity index (χ1) is 10.6. The van der Waals surface area contributed by atoms with Crippen molar-refractivity contribution >= 4 is 0 Å². The third-order valence-electron chi connectivity index (χ3n) is 4.52. The molecule has 1 aliphatic rings. The van der Waals surface area contributed by atoms with Crippen LogP contribution in [0.25, 0.3) is 0 Å². The highest BCUT2D eigenvalue weighted by Gasteiger charge is 2.30. The first-order valence-corrected chi connectivity index (χ1v) is 9.17. The zero-order valence-electron chi connectivity index (χ0n) is 17.2. The fourth-order valence-electron chi connectivity index (χ4n) is 3.62. The zero-order chi connectivity index (χ0) is 17.9. The van der Waals surface area contributed by atoms with Gasteiger partial charge in [0.15, 0.2) is 0 Å². The van der Waals surface area contributed by atoms with Gasteiger partial charge in [0.25, 0.3) is 0 Å². The standard InChI is InChI=1S/C21H38N2/c1-14(2)19-12-11-13-22(17(7)8)23(18(9)10)21(16(5)6)20(19)15(3)4/h17-18H,11-13H2,1-10H3. The number of hydrogen-bond donors (Lipinski definition) is 0. The molecule has 0 amide bonds. The molecule has 2 nitrogen and oxygen atoms in total. The summed E-state index contributed by atoms with van der Waals surface area (Å²) >= 11 is 0. The van der Waals surface area contributed by atoms with Crippen molar-refractivity contribution in [1.29, 1.82) is 0 Å². The van der Waals surface area contributed by atoms with E-state index in [9.17, 15) is 0 Å². The van der Waals surface area contributed by atoms with Gasteiger partial charge in [-0.3, -0.25) is 0 Å². The minimum atomic E-state index is 0.452. The Morgan fingerprint density at radius 2 is 1.35 bits per heavy atom. The van der Waals surface area contributed by atoms with Crippen LogP contribution in [0, 0.1) is 0 Å². The molecule has 0 bridgehead atoms. The smallest absolute Gasteiger partial charge is 0.0586 e. The summed E-state index contributed by atoms with van der Waals surface area (Å²) in [5.41, 5.74) is 8.74. The third kappa shape index (κ3) is 4.50. The molecule has 0 unspecified atom stereocenters. The number of hydrazine groups is 1. The second kappa shape index (κ2) is 8.19. The Bertz CT molecular complexity index is 506. The van der Waals surface area contributed by atoms with Crippen LogP contribution in [0.15, 0.2) is 33.6 Å². The fourth-order valence-corrected chi connectivity index (χ4v) is 3.62. The highest BCUT2D eigenvalue weighted by Crippen LogP contribution is 2.37. The van der Waals surface area contributed by atoms with E-state index >= 15 is 0 Å². The van der Waals surface area contributed by atoms with Gasteiger partial charge < -0.3 is 5.01 Å². The number of nitrogens with zero attached hydrogens (tertiary/aromatic N) is 2. The lowest BCUT2D eigenvalue weighted by Crippen LogP contribution is -2.51. The van der Waals surface area contributed by atoms with E-state index in [2.05, 4.69) is 79.3 Å². The average molecular weight is 319 g/mol. The van der Waals surface area contributed by atoms with Crippen LogP contribution in [0.4, 0.5) is 0 Å². The Morgan fingerprint density at radius 3 is 1.70 bits per heavy atom. The molecule has 0 aromatic heterocycles. The summed E-state index contributed by atoms with van der Waals surface area (Å²) in [6, 6.07) is 0.964. The zero-order valence-corrected chi connectivity index (χ0v) is 17.2. The van der Waals surface area contributed by atoms with Gasteiger partial charge in [0, 0.05) is 24.2 Å². The van der Waals surface area contributed by atoms with Crippen molar-refractivity contribution in [2.24, 2.45) is 0 Å². The largest absolute Gasteiger partial charge is 0.303 e. The quantitative estimate of drug-likeness (QED) is 0.608. The normalized spacial score (nSPS) is 17.7. The highest BCUT2D eigenvalue weighted by molar-refractivity contribution is 5.51. The Hall–Kier alpha value is -1.02. The lowest BCUT2D eigenvalue weighted by atomic mass is 9.88. The average Bonchev–Trinajstić information content (AvgIpc) is 2.35. The van der Waals surface area contributed by atoms with Gasteiger partial charge in [-0.1, -0.05) is 16.7 Å². The molecule has 1 aliphatic heterocycles. The van der Waals surface area contributed by atoms with Gasteiger partial charge in [-0.25, -0.2) is 5.01 Å². The van der Waals surface area contributed by atoms with E-state index < -0.39 is 0 Å². The van der Waals surface area contributed by atoms with Crippen LogP contribution < -0.4 is 0 Å². The fraction of sp³-hybridized carbons (Fsp3) is 0.714. The van der Waals surface area contributed by atoms with Crippen LogP contribution in [-0.4, -0.2) is 28.6 Å². The maximum Gasteiger partial charge on any atom is 0.0586 e. The molecule has 0 aromatic carbocycles. The number of allylic oxidation sites excluding steroid dienone is 4. The van der Waals surface area contributed by atoms with Crippen molar-refractivity contribution in [3.05, 3.63) is 33.6 Å². The van der Waals surface area contributed by atoms with Gasteiger partial charge in [0.1, 0.15) is 0 Å². The highest BCUT2D eigenvalue weighted by atomic mass is 15.6. The van der Waals surface area contributed by atoms with Crippen molar-refractivity contribution < 1.29 is 0 Å². The van der Waals surface area contributed by atoms with Crippen LogP contribution in [0.2, 0.25) is 0 Å². The summed E-state index contributed by atoms with van der Waals surface area (Å²) in [6.45, 7) is 23.9. The summed E-state index contributed by atoms with van der Waals surface area (Å²) in [6.07, 6.45) is 2.39. The number of hydrogen-bond acceptors (Lipinski definition) is 2. The van der Waals surface area contributed by atoms with E-state index in [1.54, 1.807) is 5.57 Å². The first kappa shape index (κ1) is 20.0. The monoisotopic (exact) mass is 318 g/mol. The molecule has 0 aromatic rings. The second-order valence-corrected chi connectivity index (χ2v) is 8.00. The third-order valence-corrected chi connectivity index (χ3v) is 4.52. The predicted molar refractivity (Wildman–Crippen MR) is 103 cm³/mol. The van der Waals surface area contributed by atoms with Crippen molar-refractivity contribution in [2.75, 3.05) is 6.54 Å². The molecule has 1 fully saturated rings. The molecule has 1 rings (SSSR count). The van der Waals surface area contributed by atoms with Crippen molar-refractivity contribution in [2.45, 2.75) is 94.2 Å². The summed E-state index contributed by atoms with van der Waals surface area (Å²) in [4.78, 5) is 0. The Morgan fingerprint density at radius 1 is 0.783 bits per heavy atom. The molecule has 0 radical (unpaired) electrons. The molecule has 132 valence electrons. The molecule has 0 spiro atoms. The van der Waals surface area contributed by atoms with E-state index in [0.717, 1.165) is 6.54 Å². The predicted octanol–water partition coefficient (Wildman–Crippen LogP) is 6.08. The van der Waals surface area contributed by atoms with Gasteiger partial charge in [-0.2, -0.15) is 0 Å². The van der Waals surface area contributed by atoms with Crippen LogP contribution in [0.5, 0.6) is 0 Å². The van der Waals surface area contributed by atoms with E-state index in [1.165, 1.54) is 40.8 Å². The molecule has 0 saturated carbocycles. The summed E-state index contributed by atoms with van der Waals surface area (Å²) in [5.74, 6) is 0. The lowest BCUT2D eigenvalue weighted by Gasteiger charge is -2.47. The maximum atomic E-state index is 2.57. The summed E-state index contributed by atoms with van der Waals surface area (Å²) in [5, 5.41) is 5.13. The Labute approximate surface area is 144 Å². The molecular formula is C21H38N2. The van der Waals surface area contributed by atoms with Crippen LogP contribution in [-0.2, 0) is 0 Å². The van der Waals surface area contributed by atoms with Gasteiger partial charge in [0.05, 0.1) is 5.70 Å². The van der Waals surface area contributed by atoms with Crippen molar-refractivity contribution in [1.82, 2.24) is 10.0 Å². The van der Waals surface area contributed by atoms with Crippen molar-refractivity contribution in [3.8, 4) is 0 Å². The molecule has 23 heavy (non-hydrogen) atoms. The van der Waals surface area contributed by atoms with Crippen LogP contribution >= 0.6 is 0 Å².